The predicted octanol–water partition coefficient (Wildman–Crippen LogP) is 5.89. The van der Waals surface area contributed by atoms with Crippen molar-refractivity contribution in [3.05, 3.63) is 82.6 Å². The van der Waals surface area contributed by atoms with Gasteiger partial charge in [-0.1, -0.05) is 54.6 Å². The van der Waals surface area contributed by atoms with Gasteiger partial charge >= 0.3 is 0 Å². The van der Waals surface area contributed by atoms with Crippen LogP contribution in [-0.4, -0.2) is 31.4 Å². The van der Waals surface area contributed by atoms with E-state index in [1.165, 1.54) is 11.8 Å². The lowest BCUT2D eigenvalue weighted by Crippen LogP contribution is -2.16. The molecular formula is C25H24ClN5OS. The van der Waals surface area contributed by atoms with Crippen molar-refractivity contribution in [1.29, 1.82) is 0 Å². The van der Waals surface area contributed by atoms with Gasteiger partial charge in [-0.25, -0.2) is 0 Å². The maximum atomic E-state index is 12.8. The largest absolute Gasteiger partial charge is 0.325 e. The Morgan fingerprint density at radius 1 is 1.06 bits per heavy atom. The summed E-state index contributed by atoms with van der Waals surface area (Å²) in [5.41, 5.74) is 5.70. The first-order valence-electron chi connectivity index (χ1n) is 10.6. The monoisotopic (exact) mass is 477 g/mol. The van der Waals surface area contributed by atoms with Crippen LogP contribution in [0.15, 0.2) is 66.1 Å². The van der Waals surface area contributed by atoms with Crippen molar-refractivity contribution in [3.63, 3.8) is 0 Å². The molecule has 4 aromatic rings. The molecule has 0 bridgehead atoms. The summed E-state index contributed by atoms with van der Waals surface area (Å²) < 4.78 is 1.94. The molecule has 0 fully saturated rings. The molecule has 1 amide bonds. The van der Waals surface area contributed by atoms with Crippen LogP contribution in [0.4, 0.5) is 5.69 Å². The Labute approximate surface area is 202 Å². The first-order chi connectivity index (χ1) is 16.0. The molecule has 0 spiro atoms. The van der Waals surface area contributed by atoms with Crippen molar-refractivity contribution in [3.8, 4) is 17.1 Å². The fourth-order valence-corrected chi connectivity index (χ4v) is 4.53. The normalized spacial score (nSPS) is 10.9. The summed E-state index contributed by atoms with van der Waals surface area (Å²) in [6.45, 7) is 6.04. The van der Waals surface area contributed by atoms with Crippen LogP contribution in [0, 0.1) is 13.8 Å². The Hall–Kier alpha value is -3.16. The number of pyridine rings is 1. The number of para-hydroxylation sites is 1. The second kappa shape index (κ2) is 10.2. The predicted molar refractivity (Wildman–Crippen MR) is 134 cm³/mol. The lowest BCUT2D eigenvalue weighted by atomic mass is 10.1. The first kappa shape index (κ1) is 23.0. The van der Waals surface area contributed by atoms with Crippen molar-refractivity contribution in [1.82, 2.24) is 19.7 Å². The van der Waals surface area contributed by atoms with Crippen LogP contribution in [0.3, 0.4) is 0 Å². The number of hydrogen-bond donors (Lipinski definition) is 1. The van der Waals surface area contributed by atoms with E-state index < -0.39 is 0 Å². The molecule has 4 rings (SSSR count). The highest BCUT2D eigenvalue weighted by molar-refractivity contribution is 7.99. The van der Waals surface area contributed by atoms with E-state index in [0.717, 1.165) is 40.0 Å². The van der Waals surface area contributed by atoms with Crippen LogP contribution in [0.5, 0.6) is 0 Å². The van der Waals surface area contributed by atoms with Crippen molar-refractivity contribution in [2.24, 2.45) is 0 Å². The summed E-state index contributed by atoms with van der Waals surface area (Å²) in [7, 11) is 0. The third-order valence-corrected chi connectivity index (χ3v) is 6.73. The van der Waals surface area contributed by atoms with Gasteiger partial charge in [0.2, 0.25) is 5.91 Å². The van der Waals surface area contributed by atoms with E-state index in [-0.39, 0.29) is 11.7 Å². The van der Waals surface area contributed by atoms with Crippen molar-refractivity contribution in [2.45, 2.75) is 32.3 Å². The summed E-state index contributed by atoms with van der Waals surface area (Å²) in [4.78, 5) is 16.9. The van der Waals surface area contributed by atoms with Gasteiger partial charge in [0.15, 0.2) is 11.0 Å². The molecule has 6 nitrogen and oxygen atoms in total. The van der Waals surface area contributed by atoms with Gasteiger partial charge in [-0.15, -0.1) is 10.2 Å². The topological polar surface area (TPSA) is 72.7 Å². The summed E-state index contributed by atoms with van der Waals surface area (Å²) >= 11 is 7.74. The van der Waals surface area contributed by atoms with Crippen LogP contribution in [-0.2, 0) is 11.2 Å². The molecule has 0 saturated heterocycles. The summed E-state index contributed by atoms with van der Waals surface area (Å²) in [5, 5.41) is 13.2. The number of amides is 1. The third kappa shape index (κ3) is 4.94. The second-order valence-corrected chi connectivity index (χ2v) is 8.91. The zero-order valence-electron chi connectivity index (χ0n) is 18.7. The zero-order valence-corrected chi connectivity index (χ0v) is 20.2. The molecule has 0 saturated carbocycles. The van der Waals surface area contributed by atoms with Gasteiger partial charge in [0.25, 0.3) is 0 Å². The van der Waals surface area contributed by atoms with Crippen LogP contribution in [0.25, 0.3) is 17.1 Å². The Balaban J connectivity index is 1.64. The molecule has 1 N–H and O–H groups in total. The number of thioether (sulfide) groups is 1. The first-order valence-corrected chi connectivity index (χ1v) is 12.0. The lowest BCUT2D eigenvalue weighted by molar-refractivity contribution is -0.113. The molecule has 2 aromatic heterocycles. The molecule has 0 unspecified atom stereocenters. The highest BCUT2D eigenvalue weighted by Crippen LogP contribution is 2.31. The number of rotatable bonds is 7. The Morgan fingerprint density at radius 2 is 1.82 bits per heavy atom. The van der Waals surface area contributed by atoms with E-state index in [0.29, 0.717) is 16.0 Å². The molecule has 2 aromatic carbocycles. The zero-order chi connectivity index (χ0) is 23.4. The Bertz CT molecular complexity index is 1290. The van der Waals surface area contributed by atoms with Crippen LogP contribution in [0.2, 0.25) is 5.02 Å². The van der Waals surface area contributed by atoms with E-state index in [4.69, 9.17) is 11.6 Å². The van der Waals surface area contributed by atoms with Gasteiger partial charge in [-0.05, 0) is 61.2 Å². The smallest absolute Gasteiger partial charge is 0.234 e. The average molecular weight is 478 g/mol. The molecule has 0 aliphatic rings. The average Bonchev–Trinajstić information content (AvgIpc) is 3.25. The number of halogens is 1. The maximum Gasteiger partial charge on any atom is 0.234 e. The summed E-state index contributed by atoms with van der Waals surface area (Å²) in [5.74, 6) is 0.774. The van der Waals surface area contributed by atoms with Crippen molar-refractivity contribution < 1.29 is 4.79 Å². The number of nitrogens with one attached hydrogen (secondary N) is 1. The maximum absolute atomic E-state index is 12.8. The van der Waals surface area contributed by atoms with Gasteiger partial charge in [0, 0.05) is 28.7 Å². The number of benzene rings is 2. The van der Waals surface area contributed by atoms with Crippen molar-refractivity contribution in [2.75, 3.05) is 11.1 Å². The summed E-state index contributed by atoms with van der Waals surface area (Å²) in [6.07, 6.45) is 4.28. The number of anilines is 1. The van der Waals surface area contributed by atoms with Crippen LogP contribution >= 0.6 is 23.4 Å². The number of aromatic nitrogens is 4. The van der Waals surface area contributed by atoms with Gasteiger partial charge in [0.05, 0.1) is 11.4 Å². The Morgan fingerprint density at radius 3 is 2.58 bits per heavy atom. The van der Waals surface area contributed by atoms with E-state index in [1.54, 1.807) is 12.4 Å². The molecular weight excluding hydrogens is 454 g/mol. The van der Waals surface area contributed by atoms with Gasteiger partial charge in [-0.2, -0.15) is 0 Å². The minimum Gasteiger partial charge on any atom is -0.325 e. The molecule has 0 atom stereocenters. The van der Waals surface area contributed by atoms with E-state index in [9.17, 15) is 4.79 Å². The SMILES string of the molecule is CCc1cccc(C)c1NC(=O)CSc1nnc(-c2ccncc2)n1-c1cccc(Cl)c1C. The number of carbonyl (C=O) groups excluding carboxylic acids is 1. The lowest BCUT2D eigenvalue weighted by Gasteiger charge is -2.15. The number of nitrogens with zero attached hydrogens (tertiary/aromatic N) is 4. The van der Waals surface area contributed by atoms with Gasteiger partial charge in [0.1, 0.15) is 0 Å². The van der Waals surface area contributed by atoms with E-state index >= 15 is 0 Å². The van der Waals surface area contributed by atoms with Crippen LogP contribution < -0.4 is 5.32 Å². The standard InChI is InChI=1S/C25H24ClN5OS/c1-4-18-8-5-7-16(2)23(18)28-22(32)15-33-25-30-29-24(19-11-13-27-14-12-19)31(25)21-10-6-9-20(26)17(21)3/h5-14H,4,15H2,1-3H3,(H,28,32). The quantitative estimate of drug-likeness (QED) is 0.336. The molecule has 0 aliphatic carbocycles. The fraction of sp³-hybridized carbons (Fsp3) is 0.200. The minimum absolute atomic E-state index is 0.0909. The minimum atomic E-state index is -0.0909. The molecule has 0 aliphatic heterocycles. The Kier molecular flexibility index (Phi) is 7.11. The fourth-order valence-electron chi connectivity index (χ4n) is 3.61. The molecule has 33 heavy (non-hydrogen) atoms. The molecule has 8 heteroatoms. The van der Waals surface area contributed by atoms with Crippen molar-refractivity contribution >= 4 is 35.0 Å². The second-order valence-electron chi connectivity index (χ2n) is 7.56. The third-order valence-electron chi connectivity index (χ3n) is 5.39. The molecule has 168 valence electrons. The number of carbonyl (C=O) groups is 1. The molecule has 2 heterocycles. The van der Waals surface area contributed by atoms with Crippen LogP contribution in [0.1, 0.15) is 23.6 Å². The highest BCUT2D eigenvalue weighted by atomic mass is 35.5. The molecule has 0 radical (unpaired) electrons. The van der Waals surface area contributed by atoms with E-state index in [2.05, 4.69) is 27.4 Å². The number of hydrogen-bond acceptors (Lipinski definition) is 5. The number of aryl methyl sites for hydroxylation is 2. The van der Waals surface area contributed by atoms with Gasteiger partial charge < -0.3 is 5.32 Å². The van der Waals surface area contributed by atoms with Gasteiger partial charge in [-0.3, -0.25) is 14.3 Å². The highest BCUT2D eigenvalue weighted by Gasteiger charge is 2.19. The van der Waals surface area contributed by atoms with E-state index in [1.807, 2.05) is 66.9 Å². The summed E-state index contributed by atoms with van der Waals surface area (Å²) in [6, 6.07) is 15.5.